The van der Waals surface area contributed by atoms with Crippen molar-refractivity contribution in [1.29, 1.82) is 0 Å². The summed E-state index contributed by atoms with van der Waals surface area (Å²) < 4.78 is 22.5. The van der Waals surface area contributed by atoms with Crippen LogP contribution in [0.3, 0.4) is 0 Å². The first-order valence-electron chi connectivity index (χ1n) is 0.612. The van der Waals surface area contributed by atoms with E-state index in [0.717, 1.165) is 0 Å². The summed E-state index contributed by atoms with van der Waals surface area (Å²) in [6.07, 6.45) is 0. The molecule has 0 atom stereocenters. The van der Waals surface area contributed by atoms with Crippen molar-refractivity contribution in [3.63, 3.8) is 0 Å². The molecular formula is C4H3FeO3+. The molecule has 0 unspecified atom stereocenters. The van der Waals surface area contributed by atoms with Crippen molar-refractivity contribution in [2.24, 2.45) is 0 Å². The fourth-order valence-corrected chi connectivity index (χ4v) is 0. The van der Waals surface area contributed by atoms with E-state index in [9.17, 15) is 0 Å². The van der Waals surface area contributed by atoms with Crippen LogP contribution in [-0.2, 0) is 31.0 Å². The minimum atomic E-state index is 0. The van der Waals surface area contributed by atoms with E-state index in [1.54, 1.807) is 0 Å². The van der Waals surface area contributed by atoms with Gasteiger partial charge in [-0.15, -0.1) is 0 Å². The van der Waals surface area contributed by atoms with Gasteiger partial charge in [0.15, 0.2) is 0 Å². The van der Waals surface area contributed by atoms with E-state index in [-0.39, 0.29) is 24.5 Å². The van der Waals surface area contributed by atoms with Gasteiger partial charge in [0.05, 0.1) is 0 Å². The molecule has 0 spiro atoms. The van der Waals surface area contributed by atoms with Gasteiger partial charge >= 0.3 is 33.9 Å². The smallest absolute Gasteiger partial charge is 0 e. The van der Waals surface area contributed by atoms with Crippen LogP contribution in [0.25, 0.3) is 0 Å². The molecule has 44 valence electrons. The molecule has 0 aromatic rings. The zero-order valence-corrected chi connectivity index (χ0v) is 5.18. The number of hydrogen-bond acceptors (Lipinski definition) is 0. The normalized spacial score (nSPS) is 0.750. The summed E-state index contributed by atoms with van der Waals surface area (Å²) in [4.78, 5) is 0. The second kappa shape index (κ2) is 1360. The minimum absolute atomic E-state index is 0. The first-order valence-corrected chi connectivity index (χ1v) is 0.612. The third kappa shape index (κ3) is 782. The van der Waals surface area contributed by atoms with Gasteiger partial charge in [0.2, 0.25) is 0 Å². The van der Waals surface area contributed by atoms with Crippen LogP contribution >= 0.6 is 0 Å². The molecule has 0 aromatic carbocycles. The van der Waals surface area contributed by atoms with Crippen molar-refractivity contribution in [2.45, 2.75) is 0 Å². The first kappa shape index (κ1) is 48.8. The summed E-state index contributed by atoms with van der Waals surface area (Å²) in [6, 6.07) is 0. The molecule has 0 rings (SSSR count). The number of rotatable bonds is 0. The van der Waals surface area contributed by atoms with E-state index in [2.05, 4.69) is 20.0 Å². The largest absolute Gasteiger partial charge is 0.0467 e. The topological polar surface area (TPSA) is 59.7 Å². The van der Waals surface area contributed by atoms with E-state index in [1.807, 2.05) is 0 Å². The predicted molar refractivity (Wildman–Crippen MR) is 18.2 cm³/mol. The Labute approximate surface area is 59.1 Å². The Hall–Kier alpha value is -0.391. The van der Waals surface area contributed by atoms with Crippen LogP contribution in [0, 0.1) is 27.4 Å². The quantitative estimate of drug-likeness (QED) is 0.275. The zero-order valence-electron chi connectivity index (χ0n) is 4.08. The van der Waals surface area contributed by atoms with Crippen molar-refractivity contribution >= 4 is 0 Å². The Morgan fingerprint density at radius 3 is 0.625 bits per heavy atom. The van der Waals surface area contributed by atoms with E-state index in [1.165, 1.54) is 0 Å². The average molecular weight is 155 g/mol. The van der Waals surface area contributed by atoms with E-state index >= 15 is 0 Å². The molecule has 0 saturated heterocycles. The van der Waals surface area contributed by atoms with Gasteiger partial charge in [-0.2, -0.15) is 0 Å². The Balaban J connectivity index is -0.00000000500. The van der Waals surface area contributed by atoms with Gasteiger partial charge < -0.3 is 0 Å². The Bertz CT molecular complexity index is 39.8. The standard InChI is InChI=1S/3CO.CH3.Fe/c3*1-2;;/h;;;1H3;/q;;;+1;. The van der Waals surface area contributed by atoms with Crippen LogP contribution in [0.1, 0.15) is 0 Å². The summed E-state index contributed by atoms with van der Waals surface area (Å²) in [5.41, 5.74) is 0. The second-order valence-electron chi connectivity index (χ2n) is 0. The van der Waals surface area contributed by atoms with Crippen LogP contribution in [-0.4, -0.2) is 0 Å². The molecule has 0 aliphatic carbocycles. The van der Waals surface area contributed by atoms with E-state index in [4.69, 9.17) is 14.0 Å². The second-order valence-corrected chi connectivity index (χ2v) is 0. The fraction of sp³-hybridized carbons (Fsp3) is 0. The summed E-state index contributed by atoms with van der Waals surface area (Å²) in [5.74, 6) is 0. The minimum Gasteiger partial charge on any atom is 0 e. The first-order chi connectivity index (χ1) is 3.00. The molecule has 0 amide bonds. The number of hydrogen-bond donors (Lipinski definition) is 0. The predicted octanol–water partition coefficient (Wildman–Crippen LogP) is 0.335. The van der Waals surface area contributed by atoms with Gasteiger partial charge in [-0.25, -0.2) is 0 Å². The van der Waals surface area contributed by atoms with Crippen molar-refractivity contribution in [1.82, 2.24) is 0 Å². The van der Waals surface area contributed by atoms with E-state index in [0.29, 0.717) is 0 Å². The maximum Gasteiger partial charge on any atom is 0.0467 e. The monoisotopic (exact) mass is 155 g/mol. The molecular weight excluding hydrogens is 152 g/mol. The van der Waals surface area contributed by atoms with Crippen molar-refractivity contribution < 1.29 is 31.0 Å². The van der Waals surface area contributed by atoms with Gasteiger partial charge in [-0.1, -0.05) is 0 Å². The van der Waals surface area contributed by atoms with Crippen molar-refractivity contribution in [3.8, 4) is 0 Å². The molecule has 0 saturated carbocycles. The van der Waals surface area contributed by atoms with Crippen LogP contribution in [0.5, 0.6) is 0 Å². The third-order valence-corrected chi connectivity index (χ3v) is 0. The molecule has 0 fully saturated rings. The van der Waals surface area contributed by atoms with E-state index < -0.39 is 0 Å². The molecule has 0 aromatic heterocycles. The van der Waals surface area contributed by atoms with Crippen molar-refractivity contribution in [2.75, 3.05) is 0 Å². The Morgan fingerprint density at radius 2 is 0.625 bits per heavy atom. The molecule has 0 radical (unpaired) electrons. The zero-order chi connectivity index (χ0) is 6.00. The molecule has 3 nitrogen and oxygen atoms in total. The van der Waals surface area contributed by atoms with Gasteiger partial charge in [0.1, 0.15) is 0 Å². The maximum atomic E-state index is 7.50. The van der Waals surface area contributed by atoms with Crippen LogP contribution in [0.4, 0.5) is 0 Å². The van der Waals surface area contributed by atoms with Gasteiger partial charge in [0.25, 0.3) is 0 Å². The summed E-state index contributed by atoms with van der Waals surface area (Å²) in [5, 5.41) is 0. The maximum absolute atomic E-state index is 7.50. The average Bonchev–Trinajstić information content (AvgIpc) is 1.81. The molecule has 0 aliphatic heterocycles. The third-order valence-electron chi connectivity index (χ3n) is 0. The summed E-state index contributed by atoms with van der Waals surface area (Å²) in [7, 11) is 0. The fourth-order valence-electron chi connectivity index (χ4n) is 0. The molecule has 0 N–H and O–H groups in total. The summed E-state index contributed by atoms with van der Waals surface area (Å²) in [6.45, 7) is 13.5. The van der Waals surface area contributed by atoms with Gasteiger partial charge in [-0.3, -0.25) is 0 Å². The van der Waals surface area contributed by atoms with Gasteiger partial charge in [0, 0.05) is 24.5 Å². The molecule has 0 bridgehead atoms. The molecule has 4 heteroatoms. The van der Waals surface area contributed by atoms with Gasteiger partial charge in [-0.05, 0) is 0 Å². The summed E-state index contributed by atoms with van der Waals surface area (Å²) >= 11 is 0. The molecule has 8 heavy (non-hydrogen) atoms. The molecule has 0 aliphatic rings. The Morgan fingerprint density at radius 1 is 0.625 bits per heavy atom. The van der Waals surface area contributed by atoms with Crippen LogP contribution < -0.4 is 0 Å². The van der Waals surface area contributed by atoms with Crippen molar-refractivity contribution in [3.05, 3.63) is 27.4 Å². The Kier molecular flexibility index (Phi) is 8320. The van der Waals surface area contributed by atoms with Crippen LogP contribution in [0.2, 0.25) is 0 Å². The SMILES string of the molecule is [C-]#[O+].[C-]#[O+].[C-]#[O+].[CH3+].[Fe]. The van der Waals surface area contributed by atoms with Crippen LogP contribution in [0.15, 0.2) is 0 Å². The molecule has 0 heterocycles.